The summed E-state index contributed by atoms with van der Waals surface area (Å²) in [7, 11) is 0. The van der Waals surface area contributed by atoms with Crippen molar-refractivity contribution < 1.29 is 19.7 Å². The Morgan fingerprint density at radius 2 is 1.68 bits per heavy atom. The molecule has 0 aromatic rings. The zero-order chi connectivity index (χ0) is 14.3. The number of likely N-dealkylation sites (tertiary alicyclic amines) is 1. The van der Waals surface area contributed by atoms with Crippen LogP contribution in [0.1, 0.15) is 52.9 Å². The third kappa shape index (κ3) is 2.87. The molecule has 1 aliphatic carbocycles. The molecule has 2 N–H and O–H groups in total. The van der Waals surface area contributed by atoms with Crippen molar-refractivity contribution >= 4 is 6.09 Å². The van der Waals surface area contributed by atoms with Crippen LogP contribution in [0.15, 0.2) is 0 Å². The van der Waals surface area contributed by atoms with Gasteiger partial charge in [0.2, 0.25) is 0 Å². The molecule has 2 rings (SSSR count). The molecular weight excluding hydrogens is 246 g/mol. The van der Waals surface area contributed by atoms with Gasteiger partial charge in [-0.05, 0) is 40.0 Å². The largest absolute Gasteiger partial charge is 0.444 e. The number of piperidine rings is 1. The van der Waals surface area contributed by atoms with E-state index in [4.69, 9.17) is 4.74 Å². The summed E-state index contributed by atoms with van der Waals surface area (Å²) in [5.41, 5.74) is -2.76. The monoisotopic (exact) mass is 271 g/mol. The topological polar surface area (TPSA) is 70.0 Å². The summed E-state index contributed by atoms with van der Waals surface area (Å²) in [4.78, 5) is 13.6. The van der Waals surface area contributed by atoms with Gasteiger partial charge in [-0.15, -0.1) is 0 Å². The van der Waals surface area contributed by atoms with Crippen LogP contribution in [-0.2, 0) is 4.74 Å². The van der Waals surface area contributed by atoms with E-state index >= 15 is 0 Å². The lowest BCUT2D eigenvalue weighted by atomic mass is 9.68. The maximum absolute atomic E-state index is 12.0. The van der Waals surface area contributed by atoms with Crippen LogP contribution in [0.3, 0.4) is 0 Å². The van der Waals surface area contributed by atoms with Crippen molar-refractivity contribution in [1.82, 2.24) is 4.90 Å². The highest BCUT2D eigenvalue weighted by Crippen LogP contribution is 2.43. The lowest BCUT2D eigenvalue weighted by Gasteiger charge is -2.52. The van der Waals surface area contributed by atoms with Gasteiger partial charge in [0.15, 0.2) is 0 Å². The smallest absolute Gasteiger partial charge is 0.410 e. The second-order valence-corrected chi connectivity index (χ2v) is 6.92. The van der Waals surface area contributed by atoms with Crippen molar-refractivity contribution in [2.24, 2.45) is 0 Å². The Morgan fingerprint density at radius 3 is 2.26 bits per heavy atom. The second-order valence-electron chi connectivity index (χ2n) is 6.92. The number of carbonyl (C=O) groups excluding carboxylic acids is 1. The number of nitrogens with zero attached hydrogens (tertiary/aromatic N) is 1. The molecule has 0 spiro atoms. The van der Waals surface area contributed by atoms with E-state index in [1.54, 1.807) is 0 Å². The fourth-order valence-corrected chi connectivity index (χ4v) is 3.08. The van der Waals surface area contributed by atoms with Crippen LogP contribution < -0.4 is 0 Å². The molecule has 0 aromatic heterocycles. The minimum atomic E-state index is -1.18. The van der Waals surface area contributed by atoms with Gasteiger partial charge in [-0.1, -0.05) is 12.8 Å². The van der Waals surface area contributed by atoms with Gasteiger partial charge in [-0.2, -0.15) is 0 Å². The molecule has 1 amide bonds. The second kappa shape index (κ2) is 4.63. The predicted octanol–water partition coefficient (Wildman–Crippen LogP) is 1.66. The normalized spacial score (nSPS) is 35.7. The molecule has 2 aliphatic rings. The van der Waals surface area contributed by atoms with Gasteiger partial charge in [-0.25, -0.2) is 4.79 Å². The van der Waals surface area contributed by atoms with E-state index in [1.807, 2.05) is 20.8 Å². The standard InChI is InChI=1S/C14H25NO4/c1-12(2,3)19-11(16)15-9-8-13(17)6-4-5-7-14(13,18)10-15/h17-18H,4-10H2,1-3H3/t13-,14+/m0/s1. The van der Waals surface area contributed by atoms with Crippen molar-refractivity contribution in [2.45, 2.75) is 69.7 Å². The molecule has 0 radical (unpaired) electrons. The maximum Gasteiger partial charge on any atom is 0.410 e. The van der Waals surface area contributed by atoms with Crippen LogP contribution in [-0.4, -0.2) is 51.1 Å². The molecule has 5 nitrogen and oxygen atoms in total. The number of β-amino-alcohol motifs (C(OH)–C–C–N with tert-alkyl or cyclic N) is 1. The van der Waals surface area contributed by atoms with Crippen LogP contribution in [0.4, 0.5) is 4.79 Å². The van der Waals surface area contributed by atoms with Crippen LogP contribution >= 0.6 is 0 Å². The first kappa shape index (κ1) is 14.6. The lowest BCUT2D eigenvalue weighted by Crippen LogP contribution is -2.67. The van der Waals surface area contributed by atoms with Gasteiger partial charge >= 0.3 is 6.09 Å². The molecule has 0 bridgehead atoms. The highest BCUT2D eigenvalue weighted by molar-refractivity contribution is 5.68. The molecule has 1 heterocycles. The highest BCUT2D eigenvalue weighted by Gasteiger charge is 2.54. The first-order chi connectivity index (χ1) is 8.65. The van der Waals surface area contributed by atoms with Gasteiger partial charge in [0.25, 0.3) is 0 Å². The van der Waals surface area contributed by atoms with Crippen LogP contribution in [0.5, 0.6) is 0 Å². The Kier molecular flexibility index (Phi) is 3.56. The molecule has 0 aromatic carbocycles. The van der Waals surface area contributed by atoms with Gasteiger partial charge in [0.1, 0.15) is 11.2 Å². The summed E-state index contributed by atoms with van der Waals surface area (Å²) in [5, 5.41) is 21.2. The Hall–Kier alpha value is -0.810. The molecule has 5 heteroatoms. The third-order valence-corrected chi connectivity index (χ3v) is 4.20. The number of aliphatic hydroxyl groups is 2. The maximum atomic E-state index is 12.0. The Balaban J connectivity index is 2.06. The van der Waals surface area contributed by atoms with Crippen molar-refractivity contribution in [3.05, 3.63) is 0 Å². The predicted molar refractivity (Wildman–Crippen MR) is 70.8 cm³/mol. The number of rotatable bonds is 0. The number of hydrogen-bond donors (Lipinski definition) is 2. The lowest BCUT2D eigenvalue weighted by molar-refractivity contribution is -0.205. The molecular formula is C14H25NO4. The number of amides is 1. The van der Waals surface area contributed by atoms with Crippen LogP contribution in [0, 0.1) is 0 Å². The van der Waals surface area contributed by atoms with Gasteiger partial charge in [0.05, 0.1) is 12.1 Å². The average Bonchev–Trinajstić information content (AvgIpc) is 2.26. The summed E-state index contributed by atoms with van der Waals surface area (Å²) in [6.45, 7) is 6.06. The fourth-order valence-electron chi connectivity index (χ4n) is 3.08. The molecule has 0 unspecified atom stereocenters. The van der Waals surface area contributed by atoms with E-state index < -0.39 is 22.9 Å². The molecule has 19 heavy (non-hydrogen) atoms. The zero-order valence-electron chi connectivity index (χ0n) is 12.1. The average molecular weight is 271 g/mol. The SMILES string of the molecule is CC(C)(C)OC(=O)N1CC[C@@]2(O)CCCC[C@@]2(O)C1. The van der Waals surface area contributed by atoms with E-state index in [2.05, 4.69) is 0 Å². The van der Waals surface area contributed by atoms with Crippen molar-refractivity contribution in [1.29, 1.82) is 0 Å². The minimum absolute atomic E-state index is 0.165. The molecule has 2 fully saturated rings. The molecule has 2 atom stereocenters. The van der Waals surface area contributed by atoms with Crippen LogP contribution in [0.2, 0.25) is 0 Å². The first-order valence-electron chi connectivity index (χ1n) is 7.08. The summed E-state index contributed by atoms with van der Waals surface area (Å²) in [6.07, 6.45) is 3.00. The van der Waals surface area contributed by atoms with E-state index in [1.165, 1.54) is 4.90 Å². The number of ether oxygens (including phenoxy) is 1. The van der Waals surface area contributed by atoms with Crippen molar-refractivity contribution in [2.75, 3.05) is 13.1 Å². The van der Waals surface area contributed by atoms with Crippen molar-refractivity contribution in [3.8, 4) is 0 Å². The molecule has 1 aliphatic heterocycles. The van der Waals surface area contributed by atoms with Crippen LogP contribution in [0.25, 0.3) is 0 Å². The molecule has 1 saturated carbocycles. The summed E-state index contributed by atoms with van der Waals surface area (Å²) >= 11 is 0. The fraction of sp³-hybridized carbons (Fsp3) is 0.929. The minimum Gasteiger partial charge on any atom is -0.444 e. The number of hydrogen-bond acceptors (Lipinski definition) is 4. The van der Waals surface area contributed by atoms with E-state index in [0.29, 0.717) is 25.8 Å². The highest BCUT2D eigenvalue weighted by atomic mass is 16.6. The van der Waals surface area contributed by atoms with Gasteiger partial charge in [0, 0.05) is 6.54 Å². The Labute approximate surface area is 114 Å². The van der Waals surface area contributed by atoms with E-state index in [9.17, 15) is 15.0 Å². The first-order valence-corrected chi connectivity index (χ1v) is 7.08. The molecule has 1 saturated heterocycles. The summed E-state index contributed by atoms with van der Waals surface area (Å²) in [5.74, 6) is 0. The number of carbonyl (C=O) groups is 1. The number of fused-ring (bicyclic) bond motifs is 1. The van der Waals surface area contributed by atoms with E-state index in [-0.39, 0.29) is 6.54 Å². The van der Waals surface area contributed by atoms with Gasteiger partial charge in [-0.3, -0.25) is 0 Å². The summed E-state index contributed by atoms with van der Waals surface area (Å²) < 4.78 is 5.33. The Bertz CT molecular complexity index is 365. The zero-order valence-corrected chi connectivity index (χ0v) is 12.1. The van der Waals surface area contributed by atoms with Crippen molar-refractivity contribution in [3.63, 3.8) is 0 Å². The van der Waals surface area contributed by atoms with E-state index in [0.717, 1.165) is 12.8 Å². The summed E-state index contributed by atoms with van der Waals surface area (Å²) in [6, 6.07) is 0. The molecule has 110 valence electrons. The third-order valence-electron chi connectivity index (χ3n) is 4.20. The quantitative estimate of drug-likeness (QED) is 0.703. The van der Waals surface area contributed by atoms with Gasteiger partial charge < -0.3 is 19.8 Å². The Morgan fingerprint density at radius 1 is 1.11 bits per heavy atom.